The first-order valence-electron chi connectivity index (χ1n) is 8.06. The maximum absolute atomic E-state index is 12.4. The fraction of sp³-hybridized carbons (Fsp3) is 0.0500. The van der Waals surface area contributed by atoms with Crippen molar-refractivity contribution in [2.45, 2.75) is 6.92 Å². The van der Waals surface area contributed by atoms with Gasteiger partial charge in [-0.3, -0.25) is 19.3 Å². The summed E-state index contributed by atoms with van der Waals surface area (Å²) < 4.78 is 1.61. The van der Waals surface area contributed by atoms with Crippen LogP contribution in [-0.2, 0) is 0 Å². The number of H-pyrrole nitrogens is 1. The van der Waals surface area contributed by atoms with Crippen LogP contribution in [0.2, 0.25) is 0 Å². The van der Waals surface area contributed by atoms with Crippen LogP contribution < -0.4 is 5.56 Å². The number of allylic oxidation sites excluding steroid dienone is 1. The lowest BCUT2D eigenvalue weighted by Crippen LogP contribution is -2.16. The number of nitrogens with one attached hydrogen (secondary N) is 1. The highest BCUT2D eigenvalue weighted by Crippen LogP contribution is 2.33. The van der Waals surface area contributed by atoms with Crippen LogP contribution in [-0.4, -0.2) is 20.9 Å². The Morgan fingerprint density at radius 1 is 1.15 bits per heavy atom. The molecule has 0 saturated carbocycles. The van der Waals surface area contributed by atoms with Crippen molar-refractivity contribution in [2.24, 2.45) is 4.99 Å². The third-order valence-corrected chi connectivity index (χ3v) is 4.62. The molecule has 6 heteroatoms. The summed E-state index contributed by atoms with van der Waals surface area (Å²) in [6.07, 6.45) is 3.32. The highest BCUT2D eigenvalue weighted by molar-refractivity contribution is 7.71. The summed E-state index contributed by atoms with van der Waals surface area (Å²) >= 11 is 5.27. The predicted octanol–water partition coefficient (Wildman–Crippen LogP) is 4.17. The summed E-state index contributed by atoms with van der Waals surface area (Å²) in [6.45, 7) is 1.92. The quantitative estimate of drug-likeness (QED) is 0.673. The zero-order chi connectivity index (χ0) is 18.3. The molecule has 0 atom stereocenters. The van der Waals surface area contributed by atoms with Gasteiger partial charge < -0.3 is 5.11 Å². The van der Waals surface area contributed by atoms with Crippen LogP contribution in [0.4, 0.5) is 5.69 Å². The fourth-order valence-electron chi connectivity index (χ4n) is 3.02. The molecule has 26 heavy (non-hydrogen) atoms. The van der Waals surface area contributed by atoms with Crippen LogP contribution in [0, 0.1) is 11.7 Å². The Morgan fingerprint density at radius 3 is 2.69 bits per heavy atom. The van der Waals surface area contributed by atoms with Crippen molar-refractivity contribution in [1.29, 1.82) is 0 Å². The van der Waals surface area contributed by atoms with E-state index < -0.39 is 5.56 Å². The highest BCUT2D eigenvalue weighted by Gasteiger charge is 2.17. The van der Waals surface area contributed by atoms with Gasteiger partial charge in [-0.1, -0.05) is 36.4 Å². The van der Waals surface area contributed by atoms with Gasteiger partial charge in [-0.15, -0.1) is 0 Å². The van der Waals surface area contributed by atoms with E-state index >= 15 is 0 Å². The van der Waals surface area contributed by atoms with Crippen LogP contribution in [0.25, 0.3) is 17.3 Å². The number of fused-ring (bicyclic) bond motifs is 1. The zero-order valence-electron chi connectivity index (χ0n) is 13.9. The Morgan fingerprint density at radius 2 is 1.88 bits per heavy atom. The number of para-hydroxylation sites is 2. The monoisotopic (exact) mass is 361 g/mol. The number of nitrogens with zero attached hydrogens (tertiary/aromatic N) is 2. The molecule has 1 aromatic heterocycles. The van der Waals surface area contributed by atoms with Gasteiger partial charge in [0.05, 0.1) is 11.4 Å². The Hall–Kier alpha value is -3.25. The molecule has 1 aliphatic heterocycles. The van der Waals surface area contributed by atoms with Crippen molar-refractivity contribution in [3.05, 3.63) is 80.3 Å². The van der Waals surface area contributed by atoms with E-state index in [0.717, 1.165) is 22.4 Å². The van der Waals surface area contributed by atoms with E-state index in [0.29, 0.717) is 5.69 Å². The average Bonchev–Trinajstić information content (AvgIpc) is 3.03. The van der Waals surface area contributed by atoms with E-state index in [2.05, 4.69) is 9.98 Å². The number of benzene rings is 2. The molecule has 0 amide bonds. The molecule has 0 aliphatic carbocycles. The number of rotatable bonds is 2. The fourth-order valence-corrected chi connectivity index (χ4v) is 3.29. The van der Waals surface area contributed by atoms with Crippen LogP contribution >= 0.6 is 12.2 Å². The minimum atomic E-state index is -0.442. The predicted molar refractivity (Wildman–Crippen MR) is 106 cm³/mol. The molecule has 0 unspecified atom stereocenters. The SMILES string of the molecule is Cc1ccccc1-n1c(O)c(/C=C2\C=Nc3ccccc32)c(=O)[nH]c1=S. The van der Waals surface area contributed by atoms with Crippen molar-refractivity contribution >= 4 is 35.8 Å². The molecule has 3 aromatic rings. The largest absolute Gasteiger partial charge is 0.494 e. The van der Waals surface area contributed by atoms with Gasteiger partial charge in [-0.25, -0.2) is 0 Å². The lowest BCUT2D eigenvalue weighted by atomic mass is 10.1. The molecule has 128 valence electrons. The second-order valence-electron chi connectivity index (χ2n) is 5.99. The maximum Gasteiger partial charge on any atom is 0.262 e. The molecule has 1 aliphatic rings. The molecule has 0 fully saturated rings. The smallest absolute Gasteiger partial charge is 0.262 e. The summed E-state index contributed by atoms with van der Waals surface area (Å²) in [5.41, 5.74) is 3.85. The van der Waals surface area contributed by atoms with Gasteiger partial charge >= 0.3 is 0 Å². The summed E-state index contributed by atoms with van der Waals surface area (Å²) in [5.74, 6) is -0.196. The van der Waals surface area contributed by atoms with Gasteiger partial charge in [0.1, 0.15) is 5.56 Å². The first-order valence-corrected chi connectivity index (χ1v) is 8.46. The average molecular weight is 361 g/mol. The minimum absolute atomic E-state index is 0.139. The lowest BCUT2D eigenvalue weighted by Gasteiger charge is -2.13. The van der Waals surface area contributed by atoms with Gasteiger partial charge in [-0.2, -0.15) is 0 Å². The van der Waals surface area contributed by atoms with Crippen molar-refractivity contribution < 1.29 is 5.11 Å². The number of aromatic hydroxyl groups is 1. The summed E-state index contributed by atoms with van der Waals surface area (Å²) in [7, 11) is 0. The Balaban J connectivity index is 1.95. The molecule has 4 rings (SSSR count). The normalized spacial score (nSPS) is 14.0. The van der Waals surface area contributed by atoms with E-state index in [1.54, 1.807) is 12.3 Å². The summed E-state index contributed by atoms with van der Waals surface area (Å²) in [5, 5.41) is 10.8. The van der Waals surface area contributed by atoms with Crippen LogP contribution in [0.1, 0.15) is 16.7 Å². The van der Waals surface area contributed by atoms with Gasteiger partial charge in [0, 0.05) is 17.4 Å². The summed E-state index contributed by atoms with van der Waals surface area (Å²) in [6, 6.07) is 15.2. The van der Waals surface area contributed by atoms with E-state index in [1.165, 1.54) is 4.57 Å². The second kappa shape index (κ2) is 6.24. The van der Waals surface area contributed by atoms with Crippen molar-refractivity contribution in [3.8, 4) is 11.6 Å². The Kier molecular flexibility index (Phi) is 3.89. The zero-order valence-corrected chi connectivity index (χ0v) is 14.7. The van der Waals surface area contributed by atoms with Crippen molar-refractivity contribution in [1.82, 2.24) is 9.55 Å². The van der Waals surface area contributed by atoms with E-state index in [1.807, 2.05) is 55.5 Å². The van der Waals surface area contributed by atoms with Crippen LogP contribution in [0.15, 0.2) is 58.3 Å². The van der Waals surface area contributed by atoms with E-state index in [4.69, 9.17) is 12.2 Å². The number of hydrogen-bond acceptors (Lipinski definition) is 4. The molecule has 0 bridgehead atoms. The number of aryl methyl sites for hydroxylation is 1. The van der Waals surface area contributed by atoms with Gasteiger partial charge in [0.2, 0.25) is 5.88 Å². The molecule has 2 N–H and O–H groups in total. The van der Waals surface area contributed by atoms with E-state index in [-0.39, 0.29) is 16.2 Å². The molecular weight excluding hydrogens is 346 g/mol. The minimum Gasteiger partial charge on any atom is -0.494 e. The lowest BCUT2D eigenvalue weighted by molar-refractivity contribution is 0.431. The topological polar surface area (TPSA) is 70.4 Å². The van der Waals surface area contributed by atoms with Crippen LogP contribution in [0.5, 0.6) is 5.88 Å². The Labute approximate surface area is 154 Å². The Bertz CT molecular complexity index is 1200. The standard InChI is InChI=1S/C20H15N3O2S/c1-12-6-2-5-9-17(12)23-19(25)15(18(24)22-20(23)26)10-13-11-21-16-8-4-3-7-14(13)16/h2-11,25H,1H3,(H,22,24,26)/b13-10+. The number of aromatic amines is 1. The molecule has 5 nitrogen and oxygen atoms in total. The molecule has 0 saturated heterocycles. The highest BCUT2D eigenvalue weighted by atomic mass is 32.1. The van der Waals surface area contributed by atoms with Gasteiger partial charge in [0.15, 0.2) is 4.77 Å². The summed E-state index contributed by atoms with van der Waals surface area (Å²) in [4.78, 5) is 19.4. The van der Waals surface area contributed by atoms with Gasteiger partial charge in [-0.05, 0) is 42.9 Å². The molecule has 0 spiro atoms. The number of aromatic nitrogens is 2. The maximum atomic E-state index is 12.4. The van der Waals surface area contributed by atoms with Crippen molar-refractivity contribution in [2.75, 3.05) is 0 Å². The first kappa shape index (κ1) is 16.2. The third-order valence-electron chi connectivity index (χ3n) is 4.33. The van der Waals surface area contributed by atoms with Gasteiger partial charge in [0.25, 0.3) is 5.56 Å². The molecule has 0 radical (unpaired) electrons. The van der Waals surface area contributed by atoms with Crippen LogP contribution in [0.3, 0.4) is 0 Å². The molecule has 2 aromatic carbocycles. The van der Waals surface area contributed by atoms with Crippen molar-refractivity contribution in [3.63, 3.8) is 0 Å². The molecule has 2 heterocycles. The second-order valence-corrected chi connectivity index (χ2v) is 6.38. The first-order chi connectivity index (χ1) is 12.6. The number of hydrogen-bond donors (Lipinski definition) is 2. The third kappa shape index (κ3) is 2.60. The molecular formula is C20H15N3O2S. The number of aliphatic imine (C=N–C) groups is 1. The van der Waals surface area contributed by atoms with E-state index in [9.17, 15) is 9.90 Å².